The molecular weight excluding hydrogens is 368 g/mol. The molecular formula is C22H32N4O3. The van der Waals surface area contributed by atoms with Gasteiger partial charge in [0, 0.05) is 49.5 Å². The lowest BCUT2D eigenvalue weighted by atomic mass is 9.82. The summed E-state index contributed by atoms with van der Waals surface area (Å²) in [5.41, 5.74) is 2.10. The Morgan fingerprint density at radius 3 is 2.76 bits per heavy atom. The first-order valence-corrected chi connectivity index (χ1v) is 11.1. The van der Waals surface area contributed by atoms with E-state index in [1.165, 1.54) is 25.7 Å². The van der Waals surface area contributed by atoms with Crippen LogP contribution < -0.4 is 10.2 Å². The van der Waals surface area contributed by atoms with E-state index in [4.69, 9.17) is 0 Å². The molecule has 7 nitrogen and oxygen atoms in total. The number of nitrogens with zero attached hydrogens (tertiary/aromatic N) is 3. The summed E-state index contributed by atoms with van der Waals surface area (Å²) >= 11 is 0. The van der Waals surface area contributed by atoms with Gasteiger partial charge in [-0.2, -0.15) is 0 Å². The van der Waals surface area contributed by atoms with Crippen molar-refractivity contribution < 1.29 is 9.72 Å². The highest BCUT2D eigenvalue weighted by molar-refractivity contribution is 5.82. The van der Waals surface area contributed by atoms with Gasteiger partial charge in [-0.25, -0.2) is 0 Å². The maximum absolute atomic E-state index is 13.2. The van der Waals surface area contributed by atoms with Gasteiger partial charge in [-0.3, -0.25) is 19.8 Å². The van der Waals surface area contributed by atoms with Gasteiger partial charge in [0.2, 0.25) is 5.91 Å². The van der Waals surface area contributed by atoms with Crippen LogP contribution in [0, 0.1) is 16.0 Å². The molecule has 3 atom stereocenters. The molecule has 1 amide bonds. The van der Waals surface area contributed by atoms with E-state index in [2.05, 4.69) is 22.0 Å². The number of nitro groups is 1. The molecule has 2 aliphatic heterocycles. The van der Waals surface area contributed by atoms with Gasteiger partial charge in [0.05, 0.1) is 16.9 Å². The third-order valence-corrected chi connectivity index (χ3v) is 7.12. The Labute approximate surface area is 172 Å². The molecule has 158 valence electrons. The van der Waals surface area contributed by atoms with E-state index >= 15 is 0 Å². The highest BCUT2D eigenvalue weighted by Crippen LogP contribution is 2.39. The van der Waals surface area contributed by atoms with E-state index in [0.29, 0.717) is 12.5 Å². The smallest absolute Gasteiger partial charge is 0.269 e. The van der Waals surface area contributed by atoms with Crippen molar-refractivity contribution in [1.82, 2.24) is 10.2 Å². The van der Waals surface area contributed by atoms with E-state index in [9.17, 15) is 14.9 Å². The van der Waals surface area contributed by atoms with E-state index < -0.39 is 0 Å². The summed E-state index contributed by atoms with van der Waals surface area (Å²) in [6.45, 7) is 6.87. The normalized spacial score (nSPS) is 25.9. The van der Waals surface area contributed by atoms with Gasteiger partial charge >= 0.3 is 0 Å². The van der Waals surface area contributed by atoms with E-state index in [1.807, 2.05) is 13.0 Å². The number of hydrogen-bond donors (Lipinski definition) is 1. The molecule has 7 heteroatoms. The summed E-state index contributed by atoms with van der Waals surface area (Å²) in [5.74, 6) is -0.0949. The van der Waals surface area contributed by atoms with Crippen molar-refractivity contribution in [2.75, 3.05) is 24.5 Å². The number of piperazine rings is 1. The summed E-state index contributed by atoms with van der Waals surface area (Å²) in [5, 5.41) is 14.4. The maximum atomic E-state index is 13.2. The zero-order valence-electron chi connectivity index (χ0n) is 17.5. The SMILES string of the molecule is CCC(C)NC(=O)C1Cc2cc([N+](=O)[O-])ccc2N2CCN(C3CCCC3)CC12. The number of nitro benzene ring substituents is 1. The predicted molar refractivity (Wildman–Crippen MR) is 113 cm³/mol. The molecule has 3 unspecified atom stereocenters. The van der Waals surface area contributed by atoms with Crippen LogP contribution in [0.2, 0.25) is 0 Å². The fraction of sp³-hybridized carbons (Fsp3) is 0.682. The van der Waals surface area contributed by atoms with Gasteiger partial charge in [0.15, 0.2) is 0 Å². The van der Waals surface area contributed by atoms with Crippen LogP contribution in [0.5, 0.6) is 0 Å². The first-order valence-electron chi connectivity index (χ1n) is 11.1. The van der Waals surface area contributed by atoms with Crippen molar-refractivity contribution in [1.29, 1.82) is 0 Å². The number of anilines is 1. The van der Waals surface area contributed by atoms with Gasteiger partial charge in [0.25, 0.3) is 5.69 Å². The molecule has 1 aromatic carbocycles. The monoisotopic (exact) mass is 400 g/mol. The Balaban J connectivity index is 1.63. The third-order valence-electron chi connectivity index (χ3n) is 7.12. The molecule has 4 rings (SSSR count). The average Bonchev–Trinajstić information content (AvgIpc) is 3.27. The van der Waals surface area contributed by atoms with E-state index in [0.717, 1.165) is 37.3 Å². The number of carbonyl (C=O) groups is 1. The van der Waals surface area contributed by atoms with Crippen LogP contribution in [0.15, 0.2) is 18.2 Å². The van der Waals surface area contributed by atoms with Crippen molar-refractivity contribution in [3.63, 3.8) is 0 Å². The fourth-order valence-electron chi connectivity index (χ4n) is 5.30. The molecule has 1 aromatic rings. The molecule has 0 spiro atoms. The number of nitrogens with one attached hydrogen (secondary N) is 1. The lowest BCUT2D eigenvalue weighted by Gasteiger charge is -2.50. The van der Waals surface area contributed by atoms with Gasteiger partial charge in [0.1, 0.15) is 0 Å². The summed E-state index contributed by atoms with van der Waals surface area (Å²) in [4.78, 5) is 29.0. The summed E-state index contributed by atoms with van der Waals surface area (Å²) in [6.07, 6.45) is 6.60. The lowest BCUT2D eigenvalue weighted by Crippen LogP contribution is -2.62. The molecule has 0 radical (unpaired) electrons. The molecule has 0 aromatic heterocycles. The van der Waals surface area contributed by atoms with Crippen molar-refractivity contribution in [3.8, 4) is 0 Å². The van der Waals surface area contributed by atoms with Crippen molar-refractivity contribution in [3.05, 3.63) is 33.9 Å². The second kappa shape index (κ2) is 8.30. The Morgan fingerprint density at radius 1 is 1.31 bits per heavy atom. The van der Waals surface area contributed by atoms with E-state index in [-0.39, 0.29) is 34.5 Å². The lowest BCUT2D eigenvalue weighted by molar-refractivity contribution is -0.384. The van der Waals surface area contributed by atoms with Crippen LogP contribution in [0.3, 0.4) is 0 Å². The van der Waals surface area contributed by atoms with Gasteiger partial charge in [-0.1, -0.05) is 19.8 Å². The number of rotatable bonds is 5. The molecule has 1 saturated carbocycles. The van der Waals surface area contributed by atoms with Crippen molar-refractivity contribution in [2.24, 2.45) is 5.92 Å². The second-order valence-corrected chi connectivity index (χ2v) is 8.89. The largest absolute Gasteiger partial charge is 0.365 e. The second-order valence-electron chi connectivity index (χ2n) is 8.89. The number of carbonyl (C=O) groups excluding carboxylic acids is 1. The van der Waals surface area contributed by atoms with Crippen LogP contribution in [0.4, 0.5) is 11.4 Å². The molecule has 3 aliphatic rings. The number of benzene rings is 1. The minimum atomic E-state index is -0.349. The highest BCUT2D eigenvalue weighted by Gasteiger charge is 2.43. The molecule has 2 heterocycles. The number of hydrogen-bond acceptors (Lipinski definition) is 5. The summed E-state index contributed by atoms with van der Waals surface area (Å²) < 4.78 is 0. The maximum Gasteiger partial charge on any atom is 0.269 e. The van der Waals surface area contributed by atoms with Gasteiger partial charge in [-0.05, 0) is 44.2 Å². The molecule has 2 fully saturated rings. The van der Waals surface area contributed by atoms with Crippen LogP contribution in [-0.4, -0.2) is 53.5 Å². The topological polar surface area (TPSA) is 78.7 Å². The van der Waals surface area contributed by atoms with Crippen molar-refractivity contribution >= 4 is 17.3 Å². The van der Waals surface area contributed by atoms with Crippen LogP contribution in [0.25, 0.3) is 0 Å². The number of amides is 1. The fourth-order valence-corrected chi connectivity index (χ4v) is 5.30. The Morgan fingerprint density at radius 2 is 2.07 bits per heavy atom. The molecule has 1 saturated heterocycles. The minimum Gasteiger partial charge on any atom is -0.365 e. The Bertz CT molecular complexity index is 777. The zero-order valence-corrected chi connectivity index (χ0v) is 17.5. The third kappa shape index (κ3) is 3.97. The van der Waals surface area contributed by atoms with E-state index in [1.54, 1.807) is 12.1 Å². The zero-order chi connectivity index (χ0) is 20.5. The summed E-state index contributed by atoms with van der Waals surface area (Å²) in [7, 11) is 0. The number of fused-ring (bicyclic) bond motifs is 3. The quantitative estimate of drug-likeness (QED) is 0.607. The van der Waals surface area contributed by atoms with Crippen LogP contribution >= 0.6 is 0 Å². The van der Waals surface area contributed by atoms with Crippen molar-refractivity contribution in [2.45, 2.75) is 70.5 Å². The average molecular weight is 401 g/mol. The summed E-state index contributed by atoms with van der Waals surface area (Å²) in [6, 6.07) is 6.05. The highest BCUT2D eigenvalue weighted by atomic mass is 16.6. The van der Waals surface area contributed by atoms with Crippen LogP contribution in [-0.2, 0) is 11.2 Å². The minimum absolute atomic E-state index is 0.0831. The molecule has 29 heavy (non-hydrogen) atoms. The predicted octanol–water partition coefficient (Wildman–Crippen LogP) is 3.12. The first-order chi connectivity index (χ1) is 14.0. The van der Waals surface area contributed by atoms with Crippen LogP contribution in [0.1, 0.15) is 51.5 Å². The molecule has 1 aliphatic carbocycles. The standard InChI is InChI=1S/C22H32N4O3/c1-3-15(2)23-22(27)19-13-16-12-18(26(28)29)8-9-20(16)25-11-10-24(14-21(19)25)17-6-4-5-7-17/h8-9,12,15,17,19,21H,3-7,10-11,13-14H2,1-2H3,(H,23,27). The first kappa shape index (κ1) is 20.1. The van der Waals surface area contributed by atoms with Gasteiger partial charge in [-0.15, -0.1) is 0 Å². The molecule has 0 bridgehead atoms. The van der Waals surface area contributed by atoms with Gasteiger partial charge < -0.3 is 10.2 Å². The Hall–Kier alpha value is -2.15. The number of non-ortho nitro benzene ring substituents is 1. The molecule has 1 N–H and O–H groups in total. The Kier molecular flexibility index (Phi) is 5.76.